The molecule has 0 spiro atoms. The third kappa shape index (κ3) is 2.30. The summed E-state index contributed by atoms with van der Waals surface area (Å²) in [6, 6.07) is 1.65. The van der Waals surface area contributed by atoms with E-state index in [1.165, 1.54) is 12.4 Å². The van der Waals surface area contributed by atoms with E-state index in [2.05, 4.69) is 10.2 Å². The predicted octanol–water partition coefficient (Wildman–Crippen LogP) is 0.0735. The lowest BCUT2D eigenvalue weighted by atomic mass is 10.1. The Morgan fingerprint density at radius 2 is 2.13 bits per heavy atom. The number of hydrogen-bond acceptors (Lipinski definition) is 4. The number of piperidine rings is 1. The van der Waals surface area contributed by atoms with Crippen LogP contribution in [0, 0.1) is 0 Å². The summed E-state index contributed by atoms with van der Waals surface area (Å²) in [4.78, 5) is 13.6. The second-order valence-electron chi connectivity index (χ2n) is 3.65. The summed E-state index contributed by atoms with van der Waals surface area (Å²) in [5.41, 5.74) is 0.557. The van der Waals surface area contributed by atoms with Crippen molar-refractivity contribution in [3.8, 4) is 0 Å². The molecule has 0 aromatic carbocycles. The largest absolute Gasteiger partial charge is 0.393 e. The van der Waals surface area contributed by atoms with Crippen LogP contribution in [0.2, 0.25) is 0 Å². The molecule has 15 heavy (non-hydrogen) atoms. The van der Waals surface area contributed by atoms with Gasteiger partial charge in [0.1, 0.15) is 0 Å². The zero-order chi connectivity index (χ0) is 10.7. The van der Waals surface area contributed by atoms with E-state index in [1.807, 2.05) is 0 Å². The number of aliphatic hydroxyl groups is 1. The summed E-state index contributed by atoms with van der Waals surface area (Å²) in [5, 5.41) is 16.6. The lowest BCUT2D eigenvalue weighted by molar-refractivity contribution is 0.0546. The monoisotopic (exact) mass is 207 g/mol. The van der Waals surface area contributed by atoms with Gasteiger partial charge in [-0.15, -0.1) is 0 Å². The molecular formula is C10H13N3O2. The number of aliphatic hydroxyl groups excluding tert-OH is 1. The highest BCUT2D eigenvalue weighted by atomic mass is 16.3. The van der Waals surface area contributed by atoms with E-state index in [9.17, 15) is 9.90 Å². The molecule has 5 nitrogen and oxygen atoms in total. The zero-order valence-corrected chi connectivity index (χ0v) is 8.33. The van der Waals surface area contributed by atoms with Gasteiger partial charge in [0.05, 0.1) is 24.1 Å². The van der Waals surface area contributed by atoms with Crippen LogP contribution in [0.25, 0.3) is 0 Å². The normalized spacial score (nSPS) is 17.8. The summed E-state index contributed by atoms with van der Waals surface area (Å²) >= 11 is 0. The van der Waals surface area contributed by atoms with Crippen molar-refractivity contribution in [3.05, 3.63) is 24.0 Å². The standard InChI is InChI=1S/C10H13N3O2/c14-9-2-5-13(6-3-9)10(15)8-1-4-11-12-7-8/h1,4,7,9,14H,2-3,5-6H2. The third-order valence-electron chi connectivity index (χ3n) is 2.58. The minimum Gasteiger partial charge on any atom is -0.393 e. The molecule has 0 bridgehead atoms. The lowest BCUT2D eigenvalue weighted by Crippen LogP contribution is -2.40. The van der Waals surface area contributed by atoms with Crippen molar-refractivity contribution < 1.29 is 9.90 Å². The number of likely N-dealkylation sites (tertiary alicyclic amines) is 1. The van der Waals surface area contributed by atoms with Gasteiger partial charge in [-0.2, -0.15) is 10.2 Å². The van der Waals surface area contributed by atoms with Crippen LogP contribution in [0.3, 0.4) is 0 Å². The number of aromatic nitrogens is 2. The molecule has 0 aliphatic carbocycles. The van der Waals surface area contributed by atoms with E-state index < -0.39 is 0 Å². The van der Waals surface area contributed by atoms with E-state index in [1.54, 1.807) is 11.0 Å². The van der Waals surface area contributed by atoms with Crippen molar-refractivity contribution in [2.45, 2.75) is 18.9 Å². The first-order valence-corrected chi connectivity index (χ1v) is 5.01. The number of hydrogen-bond donors (Lipinski definition) is 1. The summed E-state index contributed by atoms with van der Waals surface area (Å²) in [6.45, 7) is 1.23. The highest BCUT2D eigenvalue weighted by Gasteiger charge is 2.22. The number of amides is 1. The smallest absolute Gasteiger partial charge is 0.255 e. The Hall–Kier alpha value is -1.49. The van der Waals surface area contributed by atoms with Gasteiger partial charge < -0.3 is 10.0 Å². The van der Waals surface area contributed by atoms with E-state index in [0.717, 1.165) is 0 Å². The maximum Gasteiger partial charge on any atom is 0.255 e. The van der Waals surface area contributed by atoms with Crippen LogP contribution in [-0.4, -0.2) is 45.3 Å². The Morgan fingerprint density at radius 1 is 1.40 bits per heavy atom. The number of carbonyl (C=O) groups excluding carboxylic acids is 1. The second kappa shape index (κ2) is 4.35. The fraction of sp³-hybridized carbons (Fsp3) is 0.500. The summed E-state index contributed by atoms with van der Waals surface area (Å²) in [6.07, 6.45) is 4.03. The van der Waals surface area contributed by atoms with Crippen LogP contribution in [-0.2, 0) is 0 Å². The van der Waals surface area contributed by atoms with Gasteiger partial charge in [0.25, 0.3) is 5.91 Å². The molecule has 0 unspecified atom stereocenters. The topological polar surface area (TPSA) is 66.3 Å². The number of nitrogens with zero attached hydrogens (tertiary/aromatic N) is 3. The Morgan fingerprint density at radius 3 is 2.73 bits per heavy atom. The fourth-order valence-corrected chi connectivity index (χ4v) is 1.67. The van der Waals surface area contributed by atoms with Gasteiger partial charge in [0.15, 0.2) is 0 Å². The Kier molecular flexibility index (Phi) is 2.91. The molecule has 0 saturated carbocycles. The van der Waals surface area contributed by atoms with Crippen molar-refractivity contribution in [2.75, 3.05) is 13.1 Å². The number of rotatable bonds is 1. The van der Waals surface area contributed by atoms with E-state index in [0.29, 0.717) is 31.5 Å². The average Bonchev–Trinajstić information content (AvgIpc) is 2.30. The Bertz CT molecular complexity index is 334. The van der Waals surface area contributed by atoms with Gasteiger partial charge in [-0.25, -0.2) is 0 Å². The lowest BCUT2D eigenvalue weighted by Gasteiger charge is -2.29. The van der Waals surface area contributed by atoms with Crippen LogP contribution in [0.4, 0.5) is 0 Å². The van der Waals surface area contributed by atoms with Crippen LogP contribution in [0.5, 0.6) is 0 Å². The van der Waals surface area contributed by atoms with Crippen molar-refractivity contribution in [3.63, 3.8) is 0 Å². The minimum atomic E-state index is -0.260. The molecule has 5 heteroatoms. The van der Waals surface area contributed by atoms with Crippen molar-refractivity contribution >= 4 is 5.91 Å². The third-order valence-corrected chi connectivity index (χ3v) is 2.58. The molecule has 1 amide bonds. The molecule has 0 radical (unpaired) electrons. The summed E-state index contributed by atoms with van der Waals surface area (Å²) < 4.78 is 0. The summed E-state index contributed by atoms with van der Waals surface area (Å²) in [7, 11) is 0. The van der Waals surface area contributed by atoms with Crippen molar-refractivity contribution in [1.82, 2.24) is 15.1 Å². The van der Waals surface area contributed by atoms with E-state index in [-0.39, 0.29) is 12.0 Å². The Labute approximate surface area is 87.7 Å². The fourth-order valence-electron chi connectivity index (χ4n) is 1.67. The van der Waals surface area contributed by atoms with Gasteiger partial charge in [0, 0.05) is 13.1 Å². The minimum absolute atomic E-state index is 0.0307. The SMILES string of the molecule is O=C(c1ccnnc1)N1CCC(O)CC1. The first-order chi connectivity index (χ1) is 7.27. The van der Waals surface area contributed by atoms with Gasteiger partial charge >= 0.3 is 0 Å². The molecule has 0 atom stereocenters. The van der Waals surface area contributed by atoms with Crippen LogP contribution in [0.1, 0.15) is 23.2 Å². The molecule has 1 aromatic heterocycles. The van der Waals surface area contributed by atoms with Crippen LogP contribution in [0.15, 0.2) is 18.5 Å². The van der Waals surface area contributed by atoms with Gasteiger partial charge in [0.2, 0.25) is 0 Å². The highest BCUT2D eigenvalue weighted by molar-refractivity contribution is 5.93. The van der Waals surface area contributed by atoms with Gasteiger partial charge in [-0.3, -0.25) is 4.79 Å². The molecule has 1 N–H and O–H groups in total. The van der Waals surface area contributed by atoms with Crippen LogP contribution < -0.4 is 0 Å². The predicted molar refractivity (Wildman–Crippen MR) is 53.2 cm³/mol. The molecule has 2 rings (SSSR count). The average molecular weight is 207 g/mol. The first kappa shape index (κ1) is 10.0. The molecule has 1 saturated heterocycles. The first-order valence-electron chi connectivity index (χ1n) is 5.01. The molecule has 2 heterocycles. The molecule has 1 aliphatic rings. The van der Waals surface area contributed by atoms with Gasteiger partial charge in [-0.05, 0) is 18.9 Å². The maximum absolute atomic E-state index is 11.9. The molecule has 80 valence electrons. The molecule has 1 aliphatic heterocycles. The quantitative estimate of drug-likeness (QED) is 0.708. The van der Waals surface area contributed by atoms with Crippen molar-refractivity contribution in [1.29, 1.82) is 0 Å². The van der Waals surface area contributed by atoms with Crippen LogP contribution >= 0.6 is 0 Å². The summed E-state index contributed by atoms with van der Waals surface area (Å²) in [5.74, 6) is -0.0307. The Balaban J connectivity index is 2.03. The van der Waals surface area contributed by atoms with E-state index in [4.69, 9.17) is 0 Å². The molecule has 1 aromatic rings. The molecule has 1 fully saturated rings. The van der Waals surface area contributed by atoms with E-state index >= 15 is 0 Å². The van der Waals surface area contributed by atoms with Crippen molar-refractivity contribution in [2.24, 2.45) is 0 Å². The highest BCUT2D eigenvalue weighted by Crippen LogP contribution is 2.12. The molecular weight excluding hydrogens is 194 g/mol. The maximum atomic E-state index is 11.9. The number of carbonyl (C=O) groups is 1. The second-order valence-corrected chi connectivity index (χ2v) is 3.65. The van der Waals surface area contributed by atoms with Gasteiger partial charge in [-0.1, -0.05) is 0 Å². The zero-order valence-electron chi connectivity index (χ0n) is 8.33.